The predicted octanol–water partition coefficient (Wildman–Crippen LogP) is 2.85. The second kappa shape index (κ2) is 6.49. The first-order valence-corrected chi connectivity index (χ1v) is 8.12. The number of piperidine rings is 1. The van der Waals surface area contributed by atoms with Gasteiger partial charge in [0.05, 0.1) is 0 Å². The number of aromatic amines is 1. The van der Waals surface area contributed by atoms with Crippen LogP contribution in [0.25, 0.3) is 0 Å². The molecule has 1 aromatic carbocycles. The van der Waals surface area contributed by atoms with Crippen LogP contribution in [-0.2, 0) is 0 Å². The third-order valence-electron chi connectivity index (χ3n) is 4.04. The molecule has 2 aromatic rings. The second-order valence-electron chi connectivity index (χ2n) is 5.61. The van der Waals surface area contributed by atoms with Gasteiger partial charge in [-0.1, -0.05) is 11.8 Å². The number of nitrogens with zero attached hydrogens (tertiary/aromatic N) is 3. The van der Waals surface area contributed by atoms with E-state index in [1.807, 2.05) is 0 Å². The van der Waals surface area contributed by atoms with Crippen molar-refractivity contribution >= 4 is 17.4 Å². The number of aromatic nitrogens is 3. The standard InChI is InChI=1S/C15H21N5S/c1-11-9-13(7-8-20(11)2)18-12-3-5-14(6-4-12)21-15-16-10-17-19-15/h3-6,10-11,13,18H,7-9H2,1-2H3,(H,16,17,19). The van der Waals surface area contributed by atoms with E-state index in [2.05, 4.69) is 63.6 Å². The summed E-state index contributed by atoms with van der Waals surface area (Å²) in [7, 11) is 2.20. The molecule has 2 N–H and O–H groups in total. The van der Waals surface area contributed by atoms with Crippen LogP contribution in [0.5, 0.6) is 0 Å². The number of rotatable bonds is 4. The molecule has 1 aliphatic rings. The number of hydrogen-bond acceptors (Lipinski definition) is 5. The van der Waals surface area contributed by atoms with E-state index in [1.165, 1.54) is 24.9 Å². The molecule has 5 nitrogen and oxygen atoms in total. The van der Waals surface area contributed by atoms with Crippen molar-refractivity contribution in [1.29, 1.82) is 0 Å². The van der Waals surface area contributed by atoms with Crippen LogP contribution in [0.3, 0.4) is 0 Å². The number of nitrogens with one attached hydrogen (secondary N) is 2. The van der Waals surface area contributed by atoms with Crippen LogP contribution in [0, 0.1) is 0 Å². The van der Waals surface area contributed by atoms with Crippen molar-refractivity contribution in [3.8, 4) is 0 Å². The molecule has 2 atom stereocenters. The van der Waals surface area contributed by atoms with Gasteiger partial charge in [0.1, 0.15) is 6.33 Å². The largest absolute Gasteiger partial charge is 0.382 e. The Morgan fingerprint density at radius 2 is 2.14 bits per heavy atom. The van der Waals surface area contributed by atoms with Crippen molar-refractivity contribution in [3.05, 3.63) is 30.6 Å². The van der Waals surface area contributed by atoms with Crippen LogP contribution in [0.15, 0.2) is 40.6 Å². The summed E-state index contributed by atoms with van der Waals surface area (Å²) in [5.41, 5.74) is 1.19. The smallest absolute Gasteiger partial charge is 0.188 e. The highest BCUT2D eigenvalue weighted by Crippen LogP contribution is 2.26. The van der Waals surface area contributed by atoms with Gasteiger partial charge in [0, 0.05) is 29.2 Å². The maximum Gasteiger partial charge on any atom is 0.188 e. The van der Waals surface area contributed by atoms with E-state index >= 15 is 0 Å². The average molecular weight is 303 g/mol. The Bertz CT molecular complexity index is 554. The monoisotopic (exact) mass is 303 g/mol. The fraction of sp³-hybridized carbons (Fsp3) is 0.467. The van der Waals surface area contributed by atoms with Crippen LogP contribution in [0.1, 0.15) is 19.8 Å². The quantitative estimate of drug-likeness (QED) is 0.909. The molecule has 2 heterocycles. The summed E-state index contributed by atoms with van der Waals surface area (Å²) in [5, 5.41) is 11.2. The lowest BCUT2D eigenvalue weighted by molar-refractivity contribution is 0.190. The zero-order valence-electron chi connectivity index (χ0n) is 12.4. The first-order valence-electron chi connectivity index (χ1n) is 7.31. The van der Waals surface area contributed by atoms with Gasteiger partial charge >= 0.3 is 0 Å². The lowest BCUT2D eigenvalue weighted by atomic mass is 9.99. The van der Waals surface area contributed by atoms with Gasteiger partial charge in [0.2, 0.25) is 0 Å². The van der Waals surface area contributed by atoms with Crippen LogP contribution >= 0.6 is 11.8 Å². The molecule has 0 radical (unpaired) electrons. The van der Waals surface area contributed by atoms with Gasteiger partial charge in [0.15, 0.2) is 5.16 Å². The average Bonchev–Trinajstić information content (AvgIpc) is 2.98. The maximum absolute atomic E-state index is 4.12. The molecule has 0 aliphatic carbocycles. The summed E-state index contributed by atoms with van der Waals surface area (Å²) in [4.78, 5) is 7.71. The van der Waals surface area contributed by atoms with E-state index in [1.54, 1.807) is 11.8 Å². The molecule has 0 spiro atoms. The first kappa shape index (κ1) is 14.4. The summed E-state index contributed by atoms with van der Waals surface area (Å²) in [5.74, 6) is 0. The summed E-state index contributed by atoms with van der Waals surface area (Å²) < 4.78 is 0. The van der Waals surface area contributed by atoms with Gasteiger partial charge in [-0.2, -0.15) is 5.10 Å². The Morgan fingerprint density at radius 3 is 2.81 bits per heavy atom. The normalized spacial score (nSPS) is 23.1. The molecule has 6 heteroatoms. The van der Waals surface area contributed by atoms with Gasteiger partial charge in [-0.25, -0.2) is 4.98 Å². The van der Waals surface area contributed by atoms with Gasteiger partial charge in [-0.05, 0) is 51.1 Å². The molecule has 21 heavy (non-hydrogen) atoms. The molecule has 1 aromatic heterocycles. The van der Waals surface area contributed by atoms with Crippen LogP contribution in [0.2, 0.25) is 0 Å². The van der Waals surface area contributed by atoms with Crippen molar-refractivity contribution < 1.29 is 0 Å². The van der Waals surface area contributed by atoms with Crippen LogP contribution < -0.4 is 5.32 Å². The van der Waals surface area contributed by atoms with E-state index in [-0.39, 0.29) is 0 Å². The van der Waals surface area contributed by atoms with Crippen LogP contribution in [0.4, 0.5) is 5.69 Å². The number of hydrogen-bond donors (Lipinski definition) is 2. The highest BCUT2D eigenvalue weighted by Gasteiger charge is 2.22. The third kappa shape index (κ3) is 3.77. The fourth-order valence-electron chi connectivity index (χ4n) is 2.63. The van der Waals surface area contributed by atoms with E-state index < -0.39 is 0 Å². The Hall–Kier alpha value is -1.53. The topological polar surface area (TPSA) is 56.8 Å². The minimum Gasteiger partial charge on any atom is -0.382 e. The van der Waals surface area contributed by atoms with Gasteiger partial charge in [-0.15, -0.1) is 0 Å². The predicted molar refractivity (Wildman–Crippen MR) is 85.7 cm³/mol. The van der Waals surface area contributed by atoms with Gasteiger partial charge in [-0.3, -0.25) is 5.10 Å². The summed E-state index contributed by atoms with van der Waals surface area (Å²) in [6.45, 7) is 3.46. The number of H-pyrrole nitrogens is 1. The van der Waals surface area contributed by atoms with E-state index in [4.69, 9.17) is 0 Å². The number of likely N-dealkylation sites (tertiary alicyclic amines) is 1. The van der Waals surface area contributed by atoms with Crippen molar-refractivity contribution in [2.45, 2.75) is 41.9 Å². The van der Waals surface area contributed by atoms with Crippen molar-refractivity contribution in [2.75, 3.05) is 18.9 Å². The molecule has 0 bridgehead atoms. The first-order chi connectivity index (χ1) is 10.2. The van der Waals surface area contributed by atoms with Crippen molar-refractivity contribution in [1.82, 2.24) is 20.1 Å². The maximum atomic E-state index is 4.12. The van der Waals surface area contributed by atoms with Gasteiger partial charge < -0.3 is 10.2 Å². The summed E-state index contributed by atoms with van der Waals surface area (Å²) in [6, 6.07) is 9.74. The molecular formula is C15H21N5S. The molecule has 0 amide bonds. The Morgan fingerprint density at radius 1 is 1.33 bits per heavy atom. The minimum absolute atomic E-state index is 0.573. The lowest BCUT2D eigenvalue weighted by Gasteiger charge is -2.35. The van der Waals surface area contributed by atoms with Gasteiger partial charge in [0.25, 0.3) is 0 Å². The Labute approximate surface area is 129 Å². The minimum atomic E-state index is 0.573. The second-order valence-corrected chi connectivity index (χ2v) is 6.67. The number of benzene rings is 1. The highest BCUT2D eigenvalue weighted by molar-refractivity contribution is 7.99. The molecular weight excluding hydrogens is 282 g/mol. The Balaban J connectivity index is 1.57. The molecule has 112 valence electrons. The summed E-state index contributed by atoms with van der Waals surface area (Å²) >= 11 is 1.59. The SMILES string of the molecule is CC1CC(Nc2ccc(Sc3ncn[nH]3)cc2)CCN1C. The molecule has 0 saturated carbocycles. The zero-order valence-corrected chi connectivity index (χ0v) is 13.2. The van der Waals surface area contributed by atoms with Crippen LogP contribution in [-0.4, -0.2) is 45.8 Å². The lowest BCUT2D eigenvalue weighted by Crippen LogP contribution is -2.42. The zero-order chi connectivity index (χ0) is 14.7. The highest BCUT2D eigenvalue weighted by atomic mass is 32.2. The van der Waals surface area contributed by atoms with Crippen molar-refractivity contribution in [3.63, 3.8) is 0 Å². The summed E-state index contributed by atoms with van der Waals surface area (Å²) in [6.07, 6.45) is 3.93. The molecule has 1 fully saturated rings. The fourth-order valence-corrected chi connectivity index (χ4v) is 3.32. The molecule has 3 rings (SSSR count). The molecule has 2 unspecified atom stereocenters. The van der Waals surface area contributed by atoms with E-state index in [0.29, 0.717) is 12.1 Å². The number of anilines is 1. The third-order valence-corrected chi connectivity index (χ3v) is 4.94. The van der Waals surface area contributed by atoms with E-state index in [9.17, 15) is 0 Å². The Kier molecular flexibility index (Phi) is 4.45. The molecule has 1 aliphatic heterocycles. The van der Waals surface area contributed by atoms with E-state index in [0.717, 1.165) is 16.6 Å². The van der Waals surface area contributed by atoms with Crippen molar-refractivity contribution in [2.24, 2.45) is 0 Å². The molecule has 1 saturated heterocycles.